The van der Waals surface area contributed by atoms with Crippen molar-refractivity contribution in [2.24, 2.45) is 17.3 Å². The molecule has 5 nitrogen and oxygen atoms in total. The molecule has 2 fully saturated rings. The van der Waals surface area contributed by atoms with E-state index in [1.54, 1.807) is 6.08 Å². The number of nitrogens with zero attached hydrogens (tertiary/aromatic N) is 1. The molecule has 160 valence electrons. The van der Waals surface area contributed by atoms with Gasteiger partial charge in [-0.3, -0.25) is 14.5 Å². The number of hydrogen-bond donors (Lipinski definition) is 1. The lowest BCUT2D eigenvalue weighted by Gasteiger charge is -2.43. The second-order valence-corrected chi connectivity index (χ2v) is 9.36. The van der Waals surface area contributed by atoms with Gasteiger partial charge in [0.15, 0.2) is 5.78 Å². The van der Waals surface area contributed by atoms with E-state index in [2.05, 4.69) is 6.92 Å². The fourth-order valence-corrected chi connectivity index (χ4v) is 5.43. The van der Waals surface area contributed by atoms with Crippen molar-refractivity contribution in [3.05, 3.63) is 59.2 Å². The lowest BCUT2D eigenvalue weighted by atomic mass is 9.61. The molecule has 5 heteroatoms. The predicted molar refractivity (Wildman–Crippen MR) is 115 cm³/mol. The molecule has 0 amide bonds. The molecular weight excluding hydrogens is 378 g/mol. The first-order valence-corrected chi connectivity index (χ1v) is 10.8. The minimum Gasteiger partial charge on any atom is -0.457 e. The number of aliphatic hydroxyl groups excluding tert-OH is 1. The van der Waals surface area contributed by atoms with E-state index in [4.69, 9.17) is 4.74 Å². The molecule has 0 unspecified atom stereocenters. The second kappa shape index (κ2) is 7.78. The van der Waals surface area contributed by atoms with Crippen LogP contribution in [0.3, 0.4) is 0 Å². The summed E-state index contributed by atoms with van der Waals surface area (Å²) in [6.07, 6.45) is 4.48. The fraction of sp³-hybridized carbons (Fsp3) is 0.520. The summed E-state index contributed by atoms with van der Waals surface area (Å²) in [5.41, 5.74) is 2.37. The van der Waals surface area contributed by atoms with Crippen molar-refractivity contribution >= 4 is 11.8 Å². The van der Waals surface area contributed by atoms with E-state index in [1.807, 2.05) is 62.2 Å². The maximum absolute atomic E-state index is 12.9. The van der Waals surface area contributed by atoms with Gasteiger partial charge in [0.2, 0.25) is 0 Å². The number of carbonyl (C=O) groups excluding carboxylic acids is 2. The SMILES string of the molecule is CC1=C2[C@@H]3OC(=O)[C@H](CN(C)[C@@H](C)[C@@H](O)c4ccccc4)[C@@H]3CC[C@@]2(C)C=CC1=O. The summed E-state index contributed by atoms with van der Waals surface area (Å²) < 4.78 is 5.88. The van der Waals surface area contributed by atoms with Gasteiger partial charge in [-0.05, 0) is 50.9 Å². The van der Waals surface area contributed by atoms with Gasteiger partial charge in [0.05, 0.1) is 12.0 Å². The second-order valence-electron chi connectivity index (χ2n) is 9.36. The molecule has 0 aromatic heterocycles. The molecule has 1 saturated carbocycles. The molecule has 6 atom stereocenters. The molecule has 1 N–H and O–H groups in total. The third-order valence-electron chi connectivity index (χ3n) is 7.50. The quantitative estimate of drug-likeness (QED) is 0.755. The van der Waals surface area contributed by atoms with E-state index in [0.717, 1.165) is 29.6 Å². The van der Waals surface area contributed by atoms with Crippen LogP contribution in [0.1, 0.15) is 45.3 Å². The van der Waals surface area contributed by atoms with Gasteiger partial charge in [0.25, 0.3) is 0 Å². The van der Waals surface area contributed by atoms with E-state index in [-0.39, 0.29) is 41.1 Å². The molecule has 1 saturated heterocycles. The molecule has 1 aromatic carbocycles. The van der Waals surface area contributed by atoms with E-state index >= 15 is 0 Å². The Morgan fingerprint density at radius 1 is 1.27 bits per heavy atom. The summed E-state index contributed by atoms with van der Waals surface area (Å²) in [5, 5.41) is 10.8. The third-order valence-corrected chi connectivity index (χ3v) is 7.50. The molecule has 2 aliphatic carbocycles. The molecule has 1 heterocycles. The van der Waals surface area contributed by atoms with Crippen LogP contribution in [0.5, 0.6) is 0 Å². The Kier molecular flexibility index (Phi) is 5.45. The maximum atomic E-state index is 12.9. The van der Waals surface area contributed by atoms with Gasteiger partial charge < -0.3 is 9.84 Å². The molecule has 30 heavy (non-hydrogen) atoms. The Morgan fingerprint density at radius 2 is 1.97 bits per heavy atom. The highest BCUT2D eigenvalue weighted by Gasteiger charge is 2.54. The summed E-state index contributed by atoms with van der Waals surface area (Å²) in [6.45, 7) is 6.49. The highest BCUT2D eigenvalue weighted by Crippen LogP contribution is 2.53. The zero-order valence-electron chi connectivity index (χ0n) is 18.2. The van der Waals surface area contributed by atoms with Crippen molar-refractivity contribution in [3.63, 3.8) is 0 Å². The number of benzene rings is 1. The molecule has 1 aliphatic heterocycles. The average molecular weight is 410 g/mol. The highest BCUT2D eigenvalue weighted by molar-refractivity contribution is 6.05. The minimum atomic E-state index is -0.634. The number of ether oxygens (including phenoxy) is 1. The molecular formula is C25H31NO4. The zero-order valence-corrected chi connectivity index (χ0v) is 18.2. The minimum absolute atomic E-state index is 0.0133. The van der Waals surface area contributed by atoms with Crippen LogP contribution >= 0.6 is 0 Å². The summed E-state index contributed by atoms with van der Waals surface area (Å²) in [4.78, 5) is 27.2. The number of rotatable bonds is 5. The van der Waals surface area contributed by atoms with Crippen LogP contribution in [-0.2, 0) is 14.3 Å². The maximum Gasteiger partial charge on any atom is 0.311 e. The monoisotopic (exact) mass is 409 g/mol. The van der Waals surface area contributed by atoms with Crippen LogP contribution in [0, 0.1) is 17.3 Å². The van der Waals surface area contributed by atoms with Crippen LogP contribution < -0.4 is 0 Å². The predicted octanol–water partition coefficient (Wildman–Crippen LogP) is 3.45. The van der Waals surface area contributed by atoms with Gasteiger partial charge in [-0.2, -0.15) is 0 Å². The molecule has 0 spiro atoms. The normalized spacial score (nSPS) is 32.7. The number of likely N-dealkylation sites (N-methyl/N-ethyl adjacent to an activating group) is 1. The van der Waals surface area contributed by atoms with E-state index in [0.29, 0.717) is 6.54 Å². The van der Waals surface area contributed by atoms with E-state index in [9.17, 15) is 14.7 Å². The molecule has 3 aliphatic rings. The van der Waals surface area contributed by atoms with Crippen molar-refractivity contribution in [3.8, 4) is 0 Å². The van der Waals surface area contributed by atoms with Crippen LogP contribution in [0.25, 0.3) is 0 Å². The van der Waals surface area contributed by atoms with E-state index in [1.165, 1.54) is 0 Å². The number of ketones is 1. The van der Waals surface area contributed by atoms with Gasteiger partial charge in [0, 0.05) is 29.5 Å². The first-order chi connectivity index (χ1) is 14.2. The van der Waals surface area contributed by atoms with Gasteiger partial charge >= 0.3 is 5.97 Å². The van der Waals surface area contributed by atoms with Crippen LogP contribution in [0.2, 0.25) is 0 Å². The summed E-state index contributed by atoms with van der Waals surface area (Å²) in [7, 11) is 1.95. The Balaban J connectivity index is 1.52. The van der Waals surface area contributed by atoms with Crippen LogP contribution in [-0.4, -0.2) is 47.5 Å². The summed E-state index contributed by atoms with van der Waals surface area (Å²) >= 11 is 0. The van der Waals surface area contributed by atoms with Gasteiger partial charge in [-0.1, -0.05) is 43.3 Å². The Bertz CT molecular complexity index is 905. The fourth-order valence-electron chi connectivity index (χ4n) is 5.43. The van der Waals surface area contributed by atoms with Gasteiger partial charge in [0.1, 0.15) is 6.10 Å². The highest BCUT2D eigenvalue weighted by atomic mass is 16.6. The molecule has 0 radical (unpaired) electrons. The van der Waals surface area contributed by atoms with Gasteiger partial charge in [-0.15, -0.1) is 0 Å². The average Bonchev–Trinajstić information content (AvgIpc) is 3.05. The van der Waals surface area contributed by atoms with Crippen molar-refractivity contribution in [1.82, 2.24) is 4.90 Å². The largest absolute Gasteiger partial charge is 0.457 e. The Morgan fingerprint density at radius 3 is 2.67 bits per heavy atom. The van der Waals surface area contributed by atoms with Crippen LogP contribution in [0.15, 0.2) is 53.6 Å². The number of hydrogen-bond acceptors (Lipinski definition) is 5. The first kappa shape index (κ1) is 21.0. The number of fused-ring (bicyclic) bond motifs is 3. The van der Waals surface area contributed by atoms with Crippen molar-refractivity contribution < 1.29 is 19.4 Å². The summed E-state index contributed by atoms with van der Waals surface area (Å²) in [6, 6.07) is 9.45. The lowest BCUT2D eigenvalue weighted by molar-refractivity contribution is -0.144. The first-order valence-electron chi connectivity index (χ1n) is 10.8. The standard InChI is InChI=1S/C25H31NO4/c1-15-20(27)11-13-25(3)12-10-18-19(24(29)30-23(18)21(15)25)14-26(4)16(2)22(28)17-8-6-5-7-9-17/h5-9,11,13,16,18-19,22-23,28H,10,12,14H2,1-4H3/t16-,18-,19+,22+,23+,25-/m0/s1. The number of allylic oxidation sites excluding steroid dienone is 3. The Labute approximate surface area is 178 Å². The van der Waals surface area contributed by atoms with Crippen molar-refractivity contribution in [1.29, 1.82) is 0 Å². The molecule has 0 bridgehead atoms. The topological polar surface area (TPSA) is 66.8 Å². The van der Waals surface area contributed by atoms with E-state index < -0.39 is 6.10 Å². The van der Waals surface area contributed by atoms with Crippen molar-refractivity contribution in [2.75, 3.05) is 13.6 Å². The smallest absolute Gasteiger partial charge is 0.311 e. The molecule has 1 aromatic rings. The summed E-state index contributed by atoms with van der Waals surface area (Å²) in [5.74, 6) is -0.362. The lowest BCUT2D eigenvalue weighted by Crippen LogP contribution is -2.43. The Hall–Kier alpha value is -2.24. The zero-order chi connectivity index (χ0) is 21.6. The number of esters is 1. The van der Waals surface area contributed by atoms with Crippen LogP contribution in [0.4, 0.5) is 0 Å². The van der Waals surface area contributed by atoms with Gasteiger partial charge in [-0.25, -0.2) is 0 Å². The number of aliphatic hydroxyl groups is 1. The van der Waals surface area contributed by atoms with Crippen molar-refractivity contribution in [2.45, 2.75) is 51.9 Å². The third kappa shape index (κ3) is 3.44. The molecule has 4 rings (SSSR count). The number of carbonyl (C=O) groups is 2.